The number of rotatable bonds is 2. The molecule has 0 spiro atoms. The van der Waals surface area contributed by atoms with Crippen LogP contribution in [0, 0.1) is 11.3 Å². The van der Waals surface area contributed by atoms with Crippen molar-refractivity contribution in [3.05, 3.63) is 23.7 Å². The number of H-pyrrole nitrogens is 1. The third-order valence-electron chi connectivity index (χ3n) is 2.95. The van der Waals surface area contributed by atoms with Gasteiger partial charge in [0.15, 0.2) is 5.82 Å². The molecule has 2 aromatic rings. The van der Waals surface area contributed by atoms with E-state index in [1.165, 1.54) is 12.8 Å². The molecule has 18 heavy (non-hydrogen) atoms. The first-order valence-electron chi connectivity index (χ1n) is 5.91. The number of nitrogens with one attached hydrogen (secondary N) is 1. The lowest BCUT2D eigenvalue weighted by Gasteiger charge is -2.17. The molecule has 0 aliphatic carbocycles. The zero-order chi connectivity index (χ0) is 12.4. The molecule has 2 aromatic heterocycles. The molecule has 1 fully saturated rings. The Balaban J connectivity index is 1.82. The van der Waals surface area contributed by atoms with Crippen LogP contribution >= 0.6 is 11.8 Å². The molecule has 0 bridgehead atoms. The quantitative estimate of drug-likeness (QED) is 0.898. The van der Waals surface area contributed by atoms with Gasteiger partial charge in [-0.2, -0.15) is 22.0 Å². The van der Waals surface area contributed by atoms with Crippen LogP contribution in [0.3, 0.4) is 0 Å². The molecular formula is C12H12N4OS. The number of nitriles is 1. The van der Waals surface area contributed by atoms with Gasteiger partial charge in [0.25, 0.3) is 5.89 Å². The number of hydrogen-bond donors (Lipinski definition) is 1. The summed E-state index contributed by atoms with van der Waals surface area (Å²) in [7, 11) is 0. The van der Waals surface area contributed by atoms with Crippen LogP contribution in [0.4, 0.5) is 0 Å². The van der Waals surface area contributed by atoms with Crippen LogP contribution in [0.5, 0.6) is 0 Å². The average molecular weight is 260 g/mol. The van der Waals surface area contributed by atoms with Gasteiger partial charge in [0.1, 0.15) is 11.8 Å². The predicted octanol–water partition coefficient (Wildman–Crippen LogP) is 2.89. The summed E-state index contributed by atoms with van der Waals surface area (Å²) in [6, 6.07) is 3.78. The summed E-state index contributed by atoms with van der Waals surface area (Å²) < 4.78 is 5.25. The normalized spacial score (nSPS) is 19.6. The van der Waals surface area contributed by atoms with E-state index in [2.05, 4.69) is 21.2 Å². The minimum Gasteiger partial charge on any atom is -0.356 e. The molecular weight excluding hydrogens is 248 g/mol. The minimum absolute atomic E-state index is 0.349. The molecule has 5 nitrogen and oxygen atoms in total. The molecule has 3 rings (SSSR count). The molecule has 3 heterocycles. The summed E-state index contributed by atoms with van der Waals surface area (Å²) in [4.78, 5) is 7.38. The average Bonchev–Trinajstić information content (AvgIpc) is 3.08. The molecule has 0 aromatic carbocycles. The van der Waals surface area contributed by atoms with Crippen molar-refractivity contribution < 1.29 is 4.52 Å². The second kappa shape index (κ2) is 4.86. The van der Waals surface area contributed by atoms with Gasteiger partial charge in [0.05, 0.1) is 10.8 Å². The summed E-state index contributed by atoms with van der Waals surface area (Å²) in [6.07, 6.45) is 5.24. The maximum absolute atomic E-state index is 8.77. The van der Waals surface area contributed by atoms with Crippen molar-refractivity contribution in [2.75, 3.05) is 5.75 Å². The Hall–Kier alpha value is -1.74. The molecule has 1 N–H and O–H groups in total. The van der Waals surface area contributed by atoms with Gasteiger partial charge in [-0.1, -0.05) is 11.6 Å². The van der Waals surface area contributed by atoms with Crippen molar-refractivity contribution in [1.82, 2.24) is 15.1 Å². The Morgan fingerprint density at radius 3 is 3.17 bits per heavy atom. The summed E-state index contributed by atoms with van der Waals surface area (Å²) in [5, 5.41) is 13.2. The maximum atomic E-state index is 8.77. The van der Waals surface area contributed by atoms with Crippen LogP contribution in [0.1, 0.15) is 35.9 Å². The van der Waals surface area contributed by atoms with Gasteiger partial charge in [-0.25, -0.2) is 0 Å². The second-order valence-corrected chi connectivity index (χ2v) is 5.54. The largest absolute Gasteiger partial charge is 0.356 e. The van der Waals surface area contributed by atoms with Crippen molar-refractivity contribution in [3.63, 3.8) is 0 Å². The fourth-order valence-corrected chi connectivity index (χ4v) is 3.24. The van der Waals surface area contributed by atoms with E-state index in [9.17, 15) is 0 Å². The number of aromatic amines is 1. The first kappa shape index (κ1) is 11.4. The van der Waals surface area contributed by atoms with Crippen molar-refractivity contribution in [3.8, 4) is 17.7 Å². The Morgan fingerprint density at radius 1 is 1.50 bits per heavy atom. The van der Waals surface area contributed by atoms with Gasteiger partial charge in [-0.3, -0.25) is 0 Å². The van der Waals surface area contributed by atoms with Crippen molar-refractivity contribution in [2.45, 2.75) is 24.5 Å². The maximum Gasteiger partial charge on any atom is 0.274 e. The van der Waals surface area contributed by atoms with Crippen LogP contribution in [-0.2, 0) is 0 Å². The van der Waals surface area contributed by atoms with Crippen molar-refractivity contribution in [1.29, 1.82) is 5.26 Å². The Labute approximate surface area is 109 Å². The van der Waals surface area contributed by atoms with E-state index in [1.54, 1.807) is 12.3 Å². The predicted molar refractivity (Wildman–Crippen MR) is 67.8 cm³/mol. The van der Waals surface area contributed by atoms with Gasteiger partial charge in [-0.05, 0) is 24.7 Å². The van der Waals surface area contributed by atoms with E-state index in [1.807, 2.05) is 11.8 Å². The van der Waals surface area contributed by atoms with Gasteiger partial charge in [0, 0.05) is 6.20 Å². The molecule has 1 saturated heterocycles. The number of aromatic nitrogens is 3. The van der Waals surface area contributed by atoms with Gasteiger partial charge >= 0.3 is 0 Å². The van der Waals surface area contributed by atoms with Gasteiger partial charge in [-0.15, -0.1) is 0 Å². The third-order valence-corrected chi connectivity index (χ3v) is 4.33. The molecule has 1 aliphatic heterocycles. The minimum atomic E-state index is 0.349. The molecule has 1 atom stereocenters. The molecule has 0 saturated carbocycles. The summed E-state index contributed by atoms with van der Waals surface area (Å²) in [5.41, 5.74) is 1.27. The fourth-order valence-electron chi connectivity index (χ4n) is 2.00. The van der Waals surface area contributed by atoms with E-state index in [4.69, 9.17) is 9.78 Å². The van der Waals surface area contributed by atoms with Crippen molar-refractivity contribution in [2.24, 2.45) is 0 Å². The zero-order valence-electron chi connectivity index (χ0n) is 9.72. The van der Waals surface area contributed by atoms with E-state index in [-0.39, 0.29) is 0 Å². The topological polar surface area (TPSA) is 78.5 Å². The first-order valence-corrected chi connectivity index (χ1v) is 6.96. The summed E-state index contributed by atoms with van der Waals surface area (Å²) in [5.74, 6) is 2.38. The van der Waals surface area contributed by atoms with E-state index in [0.717, 1.165) is 18.0 Å². The van der Waals surface area contributed by atoms with Crippen LogP contribution < -0.4 is 0 Å². The van der Waals surface area contributed by atoms with E-state index < -0.39 is 0 Å². The number of thioether (sulfide) groups is 1. The third kappa shape index (κ3) is 2.14. The highest BCUT2D eigenvalue weighted by atomic mass is 32.2. The summed E-state index contributed by atoms with van der Waals surface area (Å²) in [6.45, 7) is 0. The van der Waals surface area contributed by atoms with E-state index in [0.29, 0.717) is 22.4 Å². The van der Waals surface area contributed by atoms with Gasteiger partial charge < -0.3 is 9.51 Å². The fraction of sp³-hybridized carbons (Fsp3) is 0.417. The Bertz CT molecular complexity index is 577. The smallest absolute Gasteiger partial charge is 0.274 e. The molecule has 0 amide bonds. The second-order valence-electron chi connectivity index (χ2n) is 4.23. The highest BCUT2D eigenvalue weighted by Crippen LogP contribution is 2.37. The first-order chi connectivity index (χ1) is 8.86. The molecule has 1 aliphatic rings. The zero-order valence-corrected chi connectivity index (χ0v) is 10.5. The number of hydrogen-bond acceptors (Lipinski definition) is 5. The lowest BCUT2D eigenvalue weighted by molar-refractivity contribution is 0.419. The molecule has 0 radical (unpaired) electrons. The Kier molecular flexibility index (Phi) is 3.07. The van der Waals surface area contributed by atoms with E-state index >= 15 is 0 Å². The highest BCUT2D eigenvalue weighted by molar-refractivity contribution is 7.99. The lowest BCUT2D eigenvalue weighted by Crippen LogP contribution is -2.03. The van der Waals surface area contributed by atoms with Crippen LogP contribution in [0.25, 0.3) is 11.6 Å². The number of nitrogens with zero attached hydrogens (tertiary/aromatic N) is 3. The standard InChI is InChI=1S/C12H12N4OS/c13-6-8-5-9(14-7-8)12-15-11(16-17-12)10-3-1-2-4-18-10/h5,7,10,14H,1-4H2. The monoisotopic (exact) mass is 260 g/mol. The molecule has 92 valence electrons. The van der Waals surface area contributed by atoms with Gasteiger partial charge in [0.2, 0.25) is 0 Å². The molecule has 1 unspecified atom stereocenters. The van der Waals surface area contributed by atoms with Crippen LogP contribution in [0.15, 0.2) is 16.8 Å². The Morgan fingerprint density at radius 2 is 2.44 bits per heavy atom. The van der Waals surface area contributed by atoms with Crippen molar-refractivity contribution >= 4 is 11.8 Å². The summed E-state index contributed by atoms with van der Waals surface area (Å²) >= 11 is 1.89. The van der Waals surface area contributed by atoms with Crippen LogP contribution in [-0.4, -0.2) is 20.9 Å². The highest BCUT2D eigenvalue weighted by Gasteiger charge is 2.22. The lowest BCUT2D eigenvalue weighted by atomic mass is 10.2. The molecule has 6 heteroatoms. The SMILES string of the molecule is N#Cc1c[nH]c(-c2nc(C3CCCCS3)no2)c1. The van der Waals surface area contributed by atoms with Crippen LogP contribution in [0.2, 0.25) is 0 Å².